The van der Waals surface area contributed by atoms with Crippen molar-refractivity contribution in [2.45, 2.75) is 23.9 Å². The largest absolute Gasteiger partial charge is 0.467 e. The summed E-state index contributed by atoms with van der Waals surface area (Å²) in [4.78, 5) is 12.3. The Labute approximate surface area is 148 Å². The summed E-state index contributed by atoms with van der Waals surface area (Å²) in [5, 5.41) is 12.8. The van der Waals surface area contributed by atoms with Gasteiger partial charge in [0.05, 0.1) is 23.6 Å². The molecule has 6 nitrogen and oxygen atoms in total. The van der Waals surface area contributed by atoms with E-state index in [1.807, 2.05) is 53.8 Å². The number of nitrogens with zero attached hydrogens (tertiary/aromatic N) is 3. The monoisotopic (exact) mass is 352 g/mol. The second kappa shape index (κ2) is 6.60. The summed E-state index contributed by atoms with van der Waals surface area (Å²) in [5.41, 5.74) is 1.79. The van der Waals surface area contributed by atoms with Gasteiger partial charge < -0.3 is 9.73 Å². The molecule has 7 heteroatoms. The molecule has 4 aromatic rings. The zero-order valence-corrected chi connectivity index (χ0v) is 14.4. The van der Waals surface area contributed by atoms with Gasteiger partial charge in [0.1, 0.15) is 5.76 Å². The van der Waals surface area contributed by atoms with E-state index in [1.165, 1.54) is 11.8 Å². The number of rotatable bonds is 5. The Bertz CT molecular complexity index is 1030. The molecule has 1 atom stereocenters. The molecular formula is C18H16N4O2S. The Kier molecular flexibility index (Phi) is 4.15. The molecule has 0 aliphatic heterocycles. The SMILES string of the molecule is CC(Sc1nnc2ccc3ccccc3n12)C(=O)NCc1ccco1. The summed E-state index contributed by atoms with van der Waals surface area (Å²) >= 11 is 1.39. The van der Waals surface area contributed by atoms with Crippen LogP contribution in [0.1, 0.15) is 12.7 Å². The average Bonchev–Trinajstić information content (AvgIpc) is 3.29. The van der Waals surface area contributed by atoms with Crippen molar-refractivity contribution in [3.63, 3.8) is 0 Å². The van der Waals surface area contributed by atoms with Crippen LogP contribution in [-0.4, -0.2) is 25.8 Å². The molecule has 0 bridgehead atoms. The molecule has 126 valence electrons. The van der Waals surface area contributed by atoms with Gasteiger partial charge in [-0.2, -0.15) is 0 Å². The van der Waals surface area contributed by atoms with Crippen LogP contribution >= 0.6 is 11.8 Å². The molecule has 1 unspecified atom stereocenters. The van der Waals surface area contributed by atoms with E-state index in [2.05, 4.69) is 15.5 Å². The minimum atomic E-state index is -0.304. The molecule has 1 amide bonds. The first-order valence-electron chi connectivity index (χ1n) is 7.92. The number of hydrogen-bond acceptors (Lipinski definition) is 5. The fraction of sp³-hybridized carbons (Fsp3) is 0.167. The van der Waals surface area contributed by atoms with E-state index in [-0.39, 0.29) is 11.2 Å². The van der Waals surface area contributed by atoms with Gasteiger partial charge in [-0.1, -0.05) is 30.0 Å². The number of para-hydroxylation sites is 1. The third-order valence-corrected chi connectivity index (χ3v) is 4.96. The second-order valence-corrected chi connectivity index (χ2v) is 6.93. The van der Waals surface area contributed by atoms with Gasteiger partial charge in [0, 0.05) is 0 Å². The first-order chi connectivity index (χ1) is 12.2. The maximum atomic E-state index is 12.3. The first kappa shape index (κ1) is 15.7. The molecule has 25 heavy (non-hydrogen) atoms. The number of carbonyl (C=O) groups is 1. The van der Waals surface area contributed by atoms with Crippen molar-refractivity contribution in [2.24, 2.45) is 0 Å². The van der Waals surface area contributed by atoms with Crippen LogP contribution < -0.4 is 5.32 Å². The smallest absolute Gasteiger partial charge is 0.233 e. The first-order valence-corrected chi connectivity index (χ1v) is 8.80. The molecule has 0 aliphatic carbocycles. The number of carbonyl (C=O) groups excluding carboxylic acids is 1. The number of amides is 1. The van der Waals surface area contributed by atoms with Crippen molar-refractivity contribution in [3.05, 3.63) is 60.6 Å². The maximum Gasteiger partial charge on any atom is 0.233 e. The van der Waals surface area contributed by atoms with Crippen molar-refractivity contribution < 1.29 is 9.21 Å². The Morgan fingerprint density at radius 2 is 2.08 bits per heavy atom. The molecular weight excluding hydrogens is 336 g/mol. The van der Waals surface area contributed by atoms with Crippen LogP contribution in [0.5, 0.6) is 0 Å². The molecule has 0 saturated heterocycles. The predicted molar refractivity (Wildman–Crippen MR) is 96.4 cm³/mol. The third kappa shape index (κ3) is 3.10. The number of nitrogens with one attached hydrogen (secondary N) is 1. The van der Waals surface area contributed by atoms with Gasteiger partial charge in [0.25, 0.3) is 0 Å². The molecule has 0 radical (unpaired) electrons. The molecule has 1 N–H and O–H groups in total. The van der Waals surface area contributed by atoms with Gasteiger partial charge in [0.15, 0.2) is 10.8 Å². The number of pyridine rings is 1. The highest BCUT2D eigenvalue weighted by atomic mass is 32.2. The highest BCUT2D eigenvalue weighted by molar-refractivity contribution is 8.00. The topological polar surface area (TPSA) is 72.4 Å². The lowest BCUT2D eigenvalue weighted by atomic mass is 10.2. The third-order valence-electron chi connectivity index (χ3n) is 3.92. The summed E-state index contributed by atoms with van der Waals surface area (Å²) in [6.45, 7) is 2.23. The molecule has 3 heterocycles. The summed E-state index contributed by atoms with van der Waals surface area (Å²) in [7, 11) is 0. The standard InChI is InChI=1S/C18H16N4O2S/c1-12(17(23)19-11-14-6-4-10-24-14)25-18-21-20-16-9-8-13-5-2-3-7-15(13)22(16)18/h2-10,12H,11H2,1H3,(H,19,23). The molecule has 0 aliphatic rings. The van der Waals surface area contributed by atoms with Gasteiger partial charge in [-0.05, 0) is 42.6 Å². The number of fused-ring (bicyclic) bond motifs is 3. The highest BCUT2D eigenvalue weighted by Gasteiger charge is 2.18. The fourth-order valence-corrected chi connectivity index (χ4v) is 3.52. The minimum absolute atomic E-state index is 0.0709. The zero-order chi connectivity index (χ0) is 17.2. The zero-order valence-electron chi connectivity index (χ0n) is 13.5. The van der Waals surface area contributed by atoms with Gasteiger partial charge in [-0.15, -0.1) is 10.2 Å². The van der Waals surface area contributed by atoms with Crippen molar-refractivity contribution in [1.29, 1.82) is 0 Å². The van der Waals surface area contributed by atoms with E-state index >= 15 is 0 Å². The summed E-state index contributed by atoms with van der Waals surface area (Å²) in [6, 6.07) is 15.6. The van der Waals surface area contributed by atoms with Gasteiger partial charge in [-0.25, -0.2) is 0 Å². The van der Waals surface area contributed by atoms with E-state index in [0.717, 1.165) is 22.3 Å². The van der Waals surface area contributed by atoms with E-state index in [9.17, 15) is 4.79 Å². The van der Waals surface area contributed by atoms with Crippen molar-refractivity contribution in [1.82, 2.24) is 19.9 Å². The maximum absolute atomic E-state index is 12.3. The number of thioether (sulfide) groups is 1. The van der Waals surface area contributed by atoms with Gasteiger partial charge in [-0.3, -0.25) is 9.20 Å². The van der Waals surface area contributed by atoms with Crippen LogP contribution in [0.15, 0.2) is 64.4 Å². The van der Waals surface area contributed by atoms with Crippen LogP contribution in [0, 0.1) is 0 Å². The Balaban J connectivity index is 1.55. The van der Waals surface area contributed by atoms with Crippen LogP contribution in [0.25, 0.3) is 16.6 Å². The molecule has 1 aromatic carbocycles. The minimum Gasteiger partial charge on any atom is -0.467 e. The van der Waals surface area contributed by atoms with E-state index < -0.39 is 0 Å². The lowest BCUT2D eigenvalue weighted by Gasteiger charge is -2.11. The van der Waals surface area contributed by atoms with Crippen molar-refractivity contribution >= 4 is 34.2 Å². The Morgan fingerprint density at radius 1 is 1.20 bits per heavy atom. The number of furan rings is 1. The molecule has 0 spiro atoms. The normalized spacial score (nSPS) is 12.5. The predicted octanol–water partition coefficient (Wildman–Crippen LogP) is 3.27. The van der Waals surface area contributed by atoms with Crippen LogP contribution in [0.4, 0.5) is 0 Å². The van der Waals surface area contributed by atoms with E-state index in [4.69, 9.17) is 4.42 Å². The second-order valence-electron chi connectivity index (χ2n) is 5.63. The molecule has 0 saturated carbocycles. The van der Waals surface area contributed by atoms with Crippen LogP contribution in [-0.2, 0) is 11.3 Å². The fourth-order valence-electron chi connectivity index (χ4n) is 2.63. The molecule has 3 aromatic heterocycles. The lowest BCUT2D eigenvalue weighted by molar-refractivity contribution is -0.120. The number of benzene rings is 1. The average molecular weight is 352 g/mol. The highest BCUT2D eigenvalue weighted by Crippen LogP contribution is 2.26. The van der Waals surface area contributed by atoms with E-state index in [1.54, 1.807) is 12.3 Å². The number of hydrogen-bond donors (Lipinski definition) is 1. The van der Waals surface area contributed by atoms with Crippen LogP contribution in [0.3, 0.4) is 0 Å². The summed E-state index contributed by atoms with van der Waals surface area (Å²) < 4.78 is 7.21. The van der Waals surface area contributed by atoms with Crippen molar-refractivity contribution in [2.75, 3.05) is 0 Å². The Hall–Kier alpha value is -2.80. The summed E-state index contributed by atoms with van der Waals surface area (Å²) in [5.74, 6) is 0.655. The van der Waals surface area contributed by atoms with Crippen molar-refractivity contribution in [3.8, 4) is 0 Å². The Morgan fingerprint density at radius 3 is 2.92 bits per heavy atom. The molecule has 4 rings (SSSR count). The van der Waals surface area contributed by atoms with E-state index in [0.29, 0.717) is 11.7 Å². The number of aromatic nitrogens is 3. The molecule has 0 fully saturated rings. The van der Waals surface area contributed by atoms with Gasteiger partial charge in [0.2, 0.25) is 5.91 Å². The lowest BCUT2D eigenvalue weighted by Crippen LogP contribution is -2.30. The summed E-state index contributed by atoms with van der Waals surface area (Å²) in [6.07, 6.45) is 1.59. The van der Waals surface area contributed by atoms with Gasteiger partial charge >= 0.3 is 0 Å². The quantitative estimate of drug-likeness (QED) is 0.558. The van der Waals surface area contributed by atoms with Crippen LogP contribution in [0.2, 0.25) is 0 Å².